The van der Waals surface area contributed by atoms with Crippen LogP contribution in [0.5, 0.6) is 5.88 Å². The third-order valence-electron chi connectivity index (χ3n) is 2.29. The summed E-state index contributed by atoms with van der Waals surface area (Å²) >= 11 is 0. The summed E-state index contributed by atoms with van der Waals surface area (Å²) in [6.45, 7) is 1.94. The molecule has 2 aromatic rings. The minimum atomic E-state index is 0.624. The average Bonchev–Trinajstić information content (AvgIpc) is 2.29. The topological polar surface area (TPSA) is 35.0 Å². The van der Waals surface area contributed by atoms with Crippen LogP contribution in [0.3, 0.4) is 0 Å². The van der Waals surface area contributed by atoms with Crippen LogP contribution in [-0.2, 0) is 6.42 Å². The Balaban J connectivity index is 2.24. The summed E-state index contributed by atoms with van der Waals surface area (Å²) < 4.78 is 5.12. The Kier molecular flexibility index (Phi) is 3.15. The molecular formula is C13H14N2O. The maximum atomic E-state index is 5.12. The van der Waals surface area contributed by atoms with E-state index in [0.717, 1.165) is 17.9 Å². The Hall–Kier alpha value is -1.90. The quantitative estimate of drug-likeness (QED) is 0.786. The van der Waals surface area contributed by atoms with Gasteiger partial charge in [0.25, 0.3) is 0 Å². The van der Waals surface area contributed by atoms with E-state index in [-0.39, 0.29) is 0 Å². The maximum Gasteiger partial charge on any atom is 0.216 e. The van der Waals surface area contributed by atoms with E-state index in [1.807, 2.05) is 31.2 Å². The lowest BCUT2D eigenvalue weighted by Gasteiger charge is -2.04. The zero-order valence-electron chi connectivity index (χ0n) is 9.47. The normalized spacial score (nSPS) is 10.1. The monoisotopic (exact) mass is 214 g/mol. The Morgan fingerprint density at radius 1 is 1.12 bits per heavy atom. The molecule has 2 rings (SSSR count). The fraction of sp³-hybridized carbons (Fsp3) is 0.231. The van der Waals surface area contributed by atoms with Crippen LogP contribution < -0.4 is 4.74 Å². The molecule has 0 radical (unpaired) electrons. The van der Waals surface area contributed by atoms with E-state index in [0.29, 0.717) is 5.88 Å². The smallest absolute Gasteiger partial charge is 0.216 e. The van der Waals surface area contributed by atoms with Gasteiger partial charge in [0.05, 0.1) is 7.11 Å². The van der Waals surface area contributed by atoms with Crippen molar-refractivity contribution in [3.8, 4) is 5.88 Å². The van der Waals surface area contributed by atoms with Gasteiger partial charge < -0.3 is 4.74 Å². The molecule has 1 aromatic heterocycles. The van der Waals surface area contributed by atoms with Gasteiger partial charge in [-0.1, -0.05) is 30.3 Å². The van der Waals surface area contributed by atoms with Crippen molar-refractivity contribution < 1.29 is 4.74 Å². The molecule has 0 spiro atoms. The predicted molar refractivity (Wildman–Crippen MR) is 62.6 cm³/mol. The maximum absolute atomic E-state index is 5.12. The van der Waals surface area contributed by atoms with Crippen LogP contribution in [0.1, 0.15) is 17.1 Å². The fourth-order valence-corrected chi connectivity index (χ4v) is 1.56. The zero-order chi connectivity index (χ0) is 11.4. The van der Waals surface area contributed by atoms with Gasteiger partial charge >= 0.3 is 0 Å². The van der Waals surface area contributed by atoms with Crippen molar-refractivity contribution in [3.63, 3.8) is 0 Å². The van der Waals surface area contributed by atoms with Crippen LogP contribution >= 0.6 is 0 Å². The number of nitrogens with zero attached hydrogens (tertiary/aromatic N) is 2. The molecule has 0 amide bonds. The lowest BCUT2D eigenvalue weighted by atomic mass is 10.1. The minimum absolute atomic E-state index is 0.624. The van der Waals surface area contributed by atoms with E-state index in [4.69, 9.17) is 4.74 Å². The number of aryl methyl sites for hydroxylation is 1. The lowest BCUT2D eigenvalue weighted by Crippen LogP contribution is -2.00. The SMILES string of the molecule is COc1cc(C)nc(Cc2ccccc2)n1. The third-order valence-corrected chi connectivity index (χ3v) is 2.29. The highest BCUT2D eigenvalue weighted by Crippen LogP contribution is 2.11. The van der Waals surface area contributed by atoms with Crippen molar-refractivity contribution in [2.45, 2.75) is 13.3 Å². The molecule has 3 nitrogen and oxygen atoms in total. The van der Waals surface area contributed by atoms with Crippen LogP contribution in [0.25, 0.3) is 0 Å². The average molecular weight is 214 g/mol. The molecule has 82 valence electrons. The van der Waals surface area contributed by atoms with Gasteiger partial charge in [-0.3, -0.25) is 0 Å². The molecule has 1 aromatic carbocycles. The van der Waals surface area contributed by atoms with E-state index in [1.165, 1.54) is 5.56 Å². The highest BCUT2D eigenvalue weighted by atomic mass is 16.5. The van der Waals surface area contributed by atoms with Crippen LogP contribution in [0.4, 0.5) is 0 Å². The van der Waals surface area contributed by atoms with Crippen molar-refractivity contribution in [2.75, 3.05) is 7.11 Å². The number of methoxy groups -OCH3 is 1. The molecule has 0 aliphatic carbocycles. The molecule has 3 heteroatoms. The van der Waals surface area contributed by atoms with Gasteiger partial charge in [-0.05, 0) is 12.5 Å². The summed E-state index contributed by atoms with van der Waals surface area (Å²) in [4.78, 5) is 8.70. The molecule has 0 fully saturated rings. The Morgan fingerprint density at radius 3 is 2.56 bits per heavy atom. The van der Waals surface area contributed by atoms with Gasteiger partial charge in [-0.2, -0.15) is 4.98 Å². The van der Waals surface area contributed by atoms with Gasteiger partial charge in [0.2, 0.25) is 5.88 Å². The van der Waals surface area contributed by atoms with E-state index in [2.05, 4.69) is 22.1 Å². The van der Waals surface area contributed by atoms with Gasteiger partial charge in [-0.25, -0.2) is 4.98 Å². The van der Waals surface area contributed by atoms with Crippen LogP contribution in [0.15, 0.2) is 36.4 Å². The molecule has 0 unspecified atom stereocenters. The van der Waals surface area contributed by atoms with Crippen molar-refractivity contribution in [2.24, 2.45) is 0 Å². The molecule has 0 saturated carbocycles. The van der Waals surface area contributed by atoms with E-state index >= 15 is 0 Å². The number of hydrogen-bond donors (Lipinski definition) is 0. The van der Waals surface area contributed by atoms with Gasteiger partial charge in [-0.15, -0.1) is 0 Å². The first kappa shape index (κ1) is 10.6. The molecule has 0 N–H and O–H groups in total. The fourth-order valence-electron chi connectivity index (χ4n) is 1.56. The summed E-state index contributed by atoms with van der Waals surface area (Å²) in [6, 6.07) is 12.0. The van der Waals surface area contributed by atoms with Crippen LogP contribution in [-0.4, -0.2) is 17.1 Å². The van der Waals surface area contributed by atoms with Crippen LogP contribution in [0.2, 0.25) is 0 Å². The summed E-state index contributed by atoms with van der Waals surface area (Å²) in [7, 11) is 1.62. The summed E-state index contributed by atoms with van der Waals surface area (Å²) in [5, 5.41) is 0. The second kappa shape index (κ2) is 4.75. The molecule has 0 saturated heterocycles. The van der Waals surface area contributed by atoms with E-state index in [1.54, 1.807) is 7.11 Å². The largest absolute Gasteiger partial charge is 0.481 e. The molecule has 0 aliphatic rings. The van der Waals surface area contributed by atoms with Crippen molar-refractivity contribution in [1.82, 2.24) is 9.97 Å². The summed E-state index contributed by atoms with van der Waals surface area (Å²) in [5.41, 5.74) is 2.13. The summed E-state index contributed by atoms with van der Waals surface area (Å²) in [5.74, 6) is 1.42. The number of benzene rings is 1. The van der Waals surface area contributed by atoms with Crippen LogP contribution in [0, 0.1) is 6.92 Å². The van der Waals surface area contributed by atoms with E-state index in [9.17, 15) is 0 Å². The van der Waals surface area contributed by atoms with Crippen molar-refractivity contribution in [1.29, 1.82) is 0 Å². The first-order valence-electron chi connectivity index (χ1n) is 5.20. The van der Waals surface area contributed by atoms with Crippen molar-refractivity contribution in [3.05, 3.63) is 53.5 Å². The van der Waals surface area contributed by atoms with Gasteiger partial charge in [0, 0.05) is 18.2 Å². The van der Waals surface area contributed by atoms with Gasteiger partial charge in [0.15, 0.2) is 0 Å². The van der Waals surface area contributed by atoms with Crippen molar-refractivity contribution >= 4 is 0 Å². The first-order valence-corrected chi connectivity index (χ1v) is 5.20. The number of aromatic nitrogens is 2. The highest BCUT2D eigenvalue weighted by Gasteiger charge is 2.03. The molecular weight excluding hydrogens is 200 g/mol. The first-order chi connectivity index (χ1) is 7.78. The minimum Gasteiger partial charge on any atom is -0.481 e. The predicted octanol–water partition coefficient (Wildman–Crippen LogP) is 2.38. The molecule has 0 atom stereocenters. The lowest BCUT2D eigenvalue weighted by molar-refractivity contribution is 0.394. The highest BCUT2D eigenvalue weighted by molar-refractivity contribution is 5.22. The standard InChI is InChI=1S/C13H14N2O/c1-10-8-13(16-2)15-12(14-10)9-11-6-4-3-5-7-11/h3-8H,9H2,1-2H3. The Labute approximate surface area is 95.1 Å². The molecule has 16 heavy (non-hydrogen) atoms. The van der Waals surface area contributed by atoms with Gasteiger partial charge in [0.1, 0.15) is 5.82 Å². The molecule has 0 aliphatic heterocycles. The number of rotatable bonds is 3. The number of ether oxygens (including phenoxy) is 1. The second-order valence-corrected chi connectivity index (χ2v) is 3.63. The summed E-state index contributed by atoms with van der Waals surface area (Å²) in [6.07, 6.45) is 0.735. The zero-order valence-corrected chi connectivity index (χ0v) is 9.47. The molecule has 0 bridgehead atoms. The molecule has 1 heterocycles. The number of hydrogen-bond acceptors (Lipinski definition) is 3. The third kappa shape index (κ3) is 2.57. The Bertz CT molecular complexity index is 469. The van der Waals surface area contributed by atoms with E-state index < -0.39 is 0 Å². The second-order valence-electron chi connectivity index (χ2n) is 3.63. The Morgan fingerprint density at radius 2 is 1.88 bits per heavy atom.